The van der Waals surface area contributed by atoms with Crippen LogP contribution in [0.4, 0.5) is 0 Å². The first-order chi connectivity index (χ1) is 8.77. The number of nitrogens with one attached hydrogen (secondary N) is 1. The lowest BCUT2D eigenvalue weighted by Gasteiger charge is -2.40. The molecule has 1 amide bonds. The van der Waals surface area contributed by atoms with Crippen molar-refractivity contribution in [2.24, 2.45) is 16.7 Å². The zero-order valence-corrected chi connectivity index (χ0v) is 13.4. The van der Waals surface area contributed by atoms with Gasteiger partial charge in [0.05, 0.1) is 0 Å². The second-order valence-corrected chi connectivity index (χ2v) is 7.44. The third kappa shape index (κ3) is 2.20. The molecule has 1 saturated carbocycles. The molecule has 1 heterocycles. The van der Waals surface area contributed by atoms with E-state index >= 15 is 0 Å². The number of hydrogen-bond acceptors (Lipinski definition) is 2. The Hall–Kier alpha value is -0.570. The predicted molar refractivity (Wildman–Crippen MR) is 78.9 cm³/mol. The maximum absolute atomic E-state index is 12.9. The molecule has 2 aliphatic rings. The Labute approximate surface area is 118 Å². The van der Waals surface area contributed by atoms with E-state index in [-0.39, 0.29) is 16.7 Å². The SMILES string of the molecule is CCC1CN(C(=O)C2C(C)(C)C2(C)C)C(CC)CN1. The normalized spacial score (nSPS) is 33.3. The van der Waals surface area contributed by atoms with Crippen molar-refractivity contribution in [3.63, 3.8) is 0 Å². The van der Waals surface area contributed by atoms with Crippen molar-refractivity contribution in [1.82, 2.24) is 10.2 Å². The summed E-state index contributed by atoms with van der Waals surface area (Å²) in [5.74, 6) is 0.589. The molecule has 2 unspecified atom stereocenters. The van der Waals surface area contributed by atoms with E-state index in [0.29, 0.717) is 18.0 Å². The molecule has 2 rings (SSSR count). The molecule has 3 nitrogen and oxygen atoms in total. The van der Waals surface area contributed by atoms with Crippen LogP contribution in [-0.2, 0) is 4.79 Å². The summed E-state index contributed by atoms with van der Waals surface area (Å²) in [6, 6.07) is 0.847. The summed E-state index contributed by atoms with van der Waals surface area (Å²) in [5, 5.41) is 3.56. The first-order valence-electron chi connectivity index (χ1n) is 7.81. The van der Waals surface area contributed by atoms with E-state index in [2.05, 4.69) is 51.8 Å². The van der Waals surface area contributed by atoms with E-state index in [1.165, 1.54) is 0 Å². The first-order valence-corrected chi connectivity index (χ1v) is 7.81. The van der Waals surface area contributed by atoms with Gasteiger partial charge in [0.25, 0.3) is 0 Å². The highest BCUT2D eigenvalue weighted by Crippen LogP contribution is 2.68. The fraction of sp³-hybridized carbons (Fsp3) is 0.938. The molecule has 2 atom stereocenters. The summed E-state index contributed by atoms with van der Waals surface area (Å²) < 4.78 is 0. The zero-order valence-electron chi connectivity index (χ0n) is 13.4. The van der Waals surface area contributed by atoms with Crippen LogP contribution in [-0.4, -0.2) is 36.0 Å². The van der Waals surface area contributed by atoms with Crippen LogP contribution >= 0.6 is 0 Å². The Balaban J connectivity index is 2.13. The molecule has 0 bridgehead atoms. The quantitative estimate of drug-likeness (QED) is 0.852. The van der Waals surface area contributed by atoms with Crippen LogP contribution in [0.2, 0.25) is 0 Å². The molecule has 0 spiro atoms. The monoisotopic (exact) mass is 266 g/mol. The van der Waals surface area contributed by atoms with E-state index in [1.54, 1.807) is 0 Å². The maximum Gasteiger partial charge on any atom is 0.227 e. The highest BCUT2D eigenvalue weighted by Gasteiger charge is 2.69. The summed E-state index contributed by atoms with van der Waals surface area (Å²) in [4.78, 5) is 15.1. The third-order valence-electron chi connectivity index (χ3n) is 6.01. The van der Waals surface area contributed by atoms with Crippen molar-refractivity contribution in [2.45, 2.75) is 66.5 Å². The van der Waals surface area contributed by atoms with Gasteiger partial charge in [-0.2, -0.15) is 0 Å². The van der Waals surface area contributed by atoms with Crippen molar-refractivity contribution >= 4 is 5.91 Å². The lowest BCUT2D eigenvalue weighted by molar-refractivity contribution is -0.138. The topological polar surface area (TPSA) is 32.3 Å². The van der Waals surface area contributed by atoms with Gasteiger partial charge >= 0.3 is 0 Å². The summed E-state index contributed by atoms with van der Waals surface area (Å²) in [5.41, 5.74) is 0.296. The zero-order chi connectivity index (χ0) is 14.4. The first kappa shape index (κ1) is 14.8. The molecule has 1 aliphatic carbocycles. The minimum atomic E-state index is 0.148. The number of rotatable bonds is 3. The van der Waals surface area contributed by atoms with Crippen molar-refractivity contribution in [2.75, 3.05) is 13.1 Å². The van der Waals surface area contributed by atoms with Gasteiger partial charge in [-0.25, -0.2) is 0 Å². The van der Waals surface area contributed by atoms with Crippen LogP contribution < -0.4 is 5.32 Å². The number of hydrogen-bond donors (Lipinski definition) is 1. The Morgan fingerprint density at radius 2 is 1.74 bits per heavy atom. The fourth-order valence-corrected chi connectivity index (χ4v) is 3.75. The van der Waals surface area contributed by atoms with Gasteiger partial charge in [-0.3, -0.25) is 4.79 Å². The lowest BCUT2D eigenvalue weighted by Crippen LogP contribution is -2.58. The van der Waals surface area contributed by atoms with Crippen LogP contribution in [0.3, 0.4) is 0 Å². The van der Waals surface area contributed by atoms with Gasteiger partial charge in [0.1, 0.15) is 0 Å². The molecule has 1 aliphatic heterocycles. The summed E-state index contributed by atoms with van der Waals surface area (Å²) >= 11 is 0. The second-order valence-electron chi connectivity index (χ2n) is 7.44. The molecule has 1 saturated heterocycles. The molecule has 2 fully saturated rings. The van der Waals surface area contributed by atoms with Gasteiger partial charge in [-0.05, 0) is 23.7 Å². The highest BCUT2D eigenvalue weighted by molar-refractivity contribution is 5.84. The van der Waals surface area contributed by atoms with Crippen molar-refractivity contribution in [1.29, 1.82) is 0 Å². The molecule has 19 heavy (non-hydrogen) atoms. The Bertz CT molecular complexity index is 348. The van der Waals surface area contributed by atoms with Crippen LogP contribution in [0.25, 0.3) is 0 Å². The Morgan fingerprint density at radius 1 is 1.16 bits per heavy atom. The fourth-order valence-electron chi connectivity index (χ4n) is 3.75. The minimum Gasteiger partial charge on any atom is -0.337 e. The summed E-state index contributed by atoms with van der Waals surface area (Å²) in [6.07, 6.45) is 2.14. The second kappa shape index (κ2) is 4.76. The average Bonchev–Trinajstić information content (AvgIpc) is 2.78. The van der Waals surface area contributed by atoms with Crippen molar-refractivity contribution in [3.8, 4) is 0 Å². The molecule has 110 valence electrons. The van der Waals surface area contributed by atoms with Gasteiger partial charge in [0.2, 0.25) is 5.91 Å². The van der Waals surface area contributed by atoms with Gasteiger partial charge < -0.3 is 10.2 Å². The van der Waals surface area contributed by atoms with E-state index in [4.69, 9.17) is 0 Å². The smallest absolute Gasteiger partial charge is 0.227 e. The van der Waals surface area contributed by atoms with Crippen LogP contribution in [0.5, 0.6) is 0 Å². The van der Waals surface area contributed by atoms with Crippen LogP contribution in [0, 0.1) is 16.7 Å². The molecule has 3 heteroatoms. The number of amides is 1. The largest absolute Gasteiger partial charge is 0.337 e. The van der Waals surface area contributed by atoms with Crippen LogP contribution in [0.15, 0.2) is 0 Å². The third-order valence-corrected chi connectivity index (χ3v) is 6.01. The number of nitrogens with zero attached hydrogens (tertiary/aromatic N) is 1. The van der Waals surface area contributed by atoms with E-state index in [9.17, 15) is 4.79 Å². The van der Waals surface area contributed by atoms with Crippen LogP contribution in [0.1, 0.15) is 54.4 Å². The molecule has 0 aromatic rings. The van der Waals surface area contributed by atoms with Crippen molar-refractivity contribution < 1.29 is 4.79 Å². The summed E-state index contributed by atoms with van der Waals surface area (Å²) in [7, 11) is 0. The Kier molecular flexibility index (Phi) is 3.72. The van der Waals surface area contributed by atoms with Gasteiger partial charge in [-0.1, -0.05) is 41.5 Å². The standard InChI is InChI=1S/C16H30N2O/c1-7-11-10-18(12(8-2)9-17-11)14(19)13-15(3,4)16(13,5)6/h11-13,17H,7-10H2,1-6H3. The summed E-state index contributed by atoms with van der Waals surface area (Å²) in [6.45, 7) is 15.1. The van der Waals surface area contributed by atoms with Gasteiger partial charge in [0, 0.05) is 31.1 Å². The van der Waals surface area contributed by atoms with E-state index in [0.717, 1.165) is 25.9 Å². The number of carbonyl (C=O) groups excluding carboxylic acids is 1. The average molecular weight is 266 g/mol. The molecule has 0 aromatic heterocycles. The van der Waals surface area contributed by atoms with Crippen molar-refractivity contribution in [3.05, 3.63) is 0 Å². The Morgan fingerprint density at radius 3 is 2.16 bits per heavy atom. The van der Waals surface area contributed by atoms with Gasteiger partial charge in [-0.15, -0.1) is 0 Å². The molecule has 0 aromatic carbocycles. The molecular weight excluding hydrogens is 236 g/mol. The molecule has 1 N–H and O–H groups in total. The number of piperazine rings is 1. The minimum absolute atomic E-state index is 0.148. The van der Waals surface area contributed by atoms with E-state index < -0.39 is 0 Å². The lowest BCUT2D eigenvalue weighted by atomic mass is 10.0. The molecule has 0 radical (unpaired) electrons. The number of carbonyl (C=O) groups is 1. The molecular formula is C16H30N2O. The van der Waals surface area contributed by atoms with E-state index in [1.807, 2.05) is 0 Å². The predicted octanol–water partition coefficient (Wildman–Crippen LogP) is 2.66. The van der Waals surface area contributed by atoms with Gasteiger partial charge in [0.15, 0.2) is 0 Å². The maximum atomic E-state index is 12.9. The highest BCUT2D eigenvalue weighted by atomic mass is 16.2.